The van der Waals surface area contributed by atoms with Crippen LogP contribution in [0.5, 0.6) is 0 Å². The van der Waals surface area contributed by atoms with Gasteiger partial charge in [-0.1, -0.05) is 18.2 Å². The Bertz CT molecular complexity index is 555. The summed E-state index contributed by atoms with van der Waals surface area (Å²) in [6.07, 6.45) is 4.02. The lowest BCUT2D eigenvalue weighted by molar-refractivity contribution is 0.0429. The van der Waals surface area contributed by atoms with Crippen molar-refractivity contribution in [2.45, 2.75) is 30.9 Å². The Morgan fingerprint density at radius 2 is 2.18 bits per heavy atom. The smallest absolute Gasteiger partial charge is 0.0926 e. The van der Waals surface area contributed by atoms with Gasteiger partial charge in [0.05, 0.1) is 11.1 Å². The minimum absolute atomic E-state index is 0.103. The van der Waals surface area contributed by atoms with Crippen LogP contribution in [0.15, 0.2) is 36.5 Å². The van der Waals surface area contributed by atoms with E-state index < -0.39 is 5.60 Å². The van der Waals surface area contributed by atoms with Gasteiger partial charge in [0.2, 0.25) is 0 Å². The maximum Gasteiger partial charge on any atom is 0.0926 e. The first-order valence-corrected chi connectivity index (χ1v) is 6.01. The molecule has 88 valence electrons. The monoisotopic (exact) mass is 228 g/mol. The Hall–Kier alpha value is -1.45. The van der Waals surface area contributed by atoms with Crippen molar-refractivity contribution in [3.63, 3.8) is 0 Å². The summed E-state index contributed by atoms with van der Waals surface area (Å²) in [5, 5.41) is 11.6. The standard InChI is InChI=1S/C14H16N2O/c15-12-5-6-14(17,8-12)11-7-10-3-1-2-4-13(10)16-9-11/h1-4,7,9,12,17H,5-6,8,15H2. The van der Waals surface area contributed by atoms with E-state index in [1.54, 1.807) is 6.20 Å². The highest BCUT2D eigenvalue weighted by Gasteiger charge is 2.37. The van der Waals surface area contributed by atoms with E-state index in [2.05, 4.69) is 4.98 Å². The molecule has 1 aliphatic rings. The third kappa shape index (κ3) is 1.81. The van der Waals surface area contributed by atoms with Crippen LogP contribution in [0.4, 0.5) is 0 Å². The van der Waals surface area contributed by atoms with Crippen LogP contribution < -0.4 is 5.73 Å². The van der Waals surface area contributed by atoms with Crippen LogP contribution in [0.25, 0.3) is 10.9 Å². The number of nitrogens with zero attached hydrogens (tertiary/aromatic N) is 1. The second kappa shape index (κ2) is 3.79. The van der Waals surface area contributed by atoms with Gasteiger partial charge in [-0.3, -0.25) is 4.98 Å². The molecule has 2 aromatic rings. The van der Waals surface area contributed by atoms with Crippen molar-refractivity contribution in [2.24, 2.45) is 5.73 Å². The second-order valence-electron chi connectivity index (χ2n) is 4.95. The summed E-state index contributed by atoms with van der Waals surface area (Å²) in [5.74, 6) is 0. The van der Waals surface area contributed by atoms with Crippen LogP contribution in [0, 0.1) is 0 Å². The molecular formula is C14H16N2O. The minimum Gasteiger partial charge on any atom is -0.385 e. The Morgan fingerprint density at radius 3 is 2.94 bits per heavy atom. The van der Waals surface area contributed by atoms with Crippen molar-refractivity contribution >= 4 is 10.9 Å². The van der Waals surface area contributed by atoms with E-state index in [-0.39, 0.29) is 6.04 Å². The molecule has 3 rings (SSSR count). The number of hydrogen-bond acceptors (Lipinski definition) is 3. The average Bonchev–Trinajstić information content (AvgIpc) is 2.70. The van der Waals surface area contributed by atoms with Gasteiger partial charge in [-0.2, -0.15) is 0 Å². The molecule has 1 aromatic carbocycles. The molecule has 17 heavy (non-hydrogen) atoms. The zero-order valence-electron chi connectivity index (χ0n) is 9.63. The van der Waals surface area contributed by atoms with Crippen molar-refractivity contribution < 1.29 is 5.11 Å². The van der Waals surface area contributed by atoms with Crippen LogP contribution in [0.1, 0.15) is 24.8 Å². The molecule has 0 amide bonds. The fourth-order valence-corrected chi connectivity index (χ4v) is 2.65. The molecule has 1 aliphatic carbocycles. The lowest BCUT2D eigenvalue weighted by Gasteiger charge is -2.22. The summed E-state index contributed by atoms with van der Waals surface area (Å²) in [6, 6.07) is 10.1. The van der Waals surface area contributed by atoms with Crippen LogP contribution in [0.2, 0.25) is 0 Å². The summed E-state index contributed by atoms with van der Waals surface area (Å²) >= 11 is 0. The molecule has 0 aliphatic heterocycles. The summed E-state index contributed by atoms with van der Waals surface area (Å²) in [6.45, 7) is 0. The maximum atomic E-state index is 10.6. The van der Waals surface area contributed by atoms with Crippen LogP contribution >= 0.6 is 0 Å². The zero-order valence-corrected chi connectivity index (χ0v) is 9.63. The summed E-state index contributed by atoms with van der Waals surface area (Å²) < 4.78 is 0. The number of aromatic nitrogens is 1. The van der Waals surface area contributed by atoms with Gasteiger partial charge in [0.15, 0.2) is 0 Å². The van der Waals surface area contributed by atoms with Gasteiger partial charge < -0.3 is 10.8 Å². The molecule has 3 heteroatoms. The molecule has 1 saturated carbocycles. The Balaban J connectivity index is 2.06. The molecule has 0 bridgehead atoms. The zero-order chi connectivity index (χ0) is 11.9. The van der Waals surface area contributed by atoms with E-state index >= 15 is 0 Å². The molecule has 0 radical (unpaired) electrons. The quantitative estimate of drug-likeness (QED) is 0.784. The van der Waals surface area contributed by atoms with Crippen molar-refractivity contribution in [1.82, 2.24) is 4.98 Å². The van der Waals surface area contributed by atoms with Gasteiger partial charge in [-0.05, 0) is 31.4 Å². The van der Waals surface area contributed by atoms with Crippen molar-refractivity contribution in [3.05, 3.63) is 42.1 Å². The highest BCUT2D eigenvalue weighted by Crippen LogP contribution is 2.38. The van der Waals surface area contributed by atoms with E-state index in [0.29, 0.717) is 6.42 Å². The minimum atomic E-state index is -0.781. The van der Waals surface area contributed by atoms with E-state index in [1.807, 2.05) is 30.3 Å². The predicted molar refractivity (Wildman–Crippen MR) is 67.5 cm³/mol. The first-order chi connectivity index (χ1) is 8.17. The van der Waals surface area contributed by atoms with E-state index in [9.17, 15) is 5.11 Å². The number of fused-ring (bicyclic) bond motifs is 1. The van der Waals surface area contributed by atoms with E-state index in [1.165, 1.54) is 0 Å². The van der Waals surface area contributed by atoms with E-state index in [4.69, 9.17) is 5.73 Å². The number of aliphatic hydroxyl groups is 1. The van der Waals surface area contributed by atoms with Crippen LogP contribution in [-0.4, -0.2) is 16.1 Å². The van der Waals surface area contributed by atoms with E-state index in [0.717, 1.165) is 29.3 Å². The average molecular weight is 228 g/mol. The number of benzene rings is 1. The van der Waals surface area contributed by atoms with Crippen LogP contribution in [-0.2, 0) is 5.60 Å². The van der Waals surface area contributed by atoms with Crippen LogP contribution in [0.3, 0.4) is 0 Å². The van der Waals surface area contributed by atoms with Gasteiger partial charge in [0.25, 0.3) is 0 Å². The molecule has 3 nitrogen and oxygen atoms in total. The highest BCUT2D eigenvalue weighted by molar-refractivity contribution is 5.78. The molecule has 2 atom stereocenters. The largest absolute Gasteiger partial charge is 0.385 e. The van der Waals surface area contributed by atoms with Gasteiger partial charge in [-0.25, -0.2) is 0 Å². The topological polar surface area (TPSA) is 59.1 Å². The number of hydrogen-bond donors (Lipinski definition) is 2. The molecule has 1 heterocycles. The maximum absolute atomic E-state index is 10.6. The number of para-hydroxylation sites is 1. The first kappa shape index (κ1) is 10.7. The lowest BCUT2D eigenvalue weighted by atomic mass is 9.92. The number of nitrogens with two attached hydrogens (primary N) is 1. The molecule has 1 aromatic heterocycles. The third-order valence-corrected chi connectivity index (χ3v) is 3.66. The first-order valence-electron chi connectivity index (χ1n) is 6.01. The summed E-state index contributed by atoms with van der Waals surface area (Å²) in [4.78, 5) is 4.40. The normalized spacial score (nSPS) is 28.7. The number of pyridine rings is 1. The Kier molecular flexibility index (Phi) is 2.38. The second-order valence-corrected chi connectivity index (χ2v) is 4.95. The molecule has 0 saturated heterocycles. The fourth-order valence-electron chi connectivity index (χ4n) is 2.65. The van der Waals surface area contributed by atoms with Crippen molar-refractivity contribution in [2.75, 3.05) is 0 Å². The molecule has 0 spiro atoms. The Morgan fingerprint density at radius 1 is 1.35 bits per heavy atom. The van der Waals surface area contributed by atoms with Gasteiger partial charge in [0, 0.05) is 23.2 Å². The fraction of sp³-hybridized carbons (Fsp3) is 0.357. The lowest BCUT2D eigenvalue weighted by Crippen LogP contribution is -2.25. The molecule has 2 unspecified atom stereocenters. The molecule has 1 fully saturated rings. The SMILES string of the molecule is NC1CCC(O)(c2cnc3ccccc3c2)C1. The van der Waals surface area contributed by atoms with Gasteiger partial charge >= 0.3 is 0 Å². The number of rotatable bonds is 1. The third-order valence-electron chi connectivity index (χ3n) is 3.66. The van der Waals surface area contributed by atoms with Crippen molar-refractivity contribution in [3.8, 4) is 0 Å². The predicted octanol–water partition coefficient (Wildman–Crippen LogP) is 1.93. The highest BCUT2D eigenvalue weighted by atomic mass is 16.3. The van der Waals surface area contributed by atoms with Gasteiger partial charge in [0.1, 0.15) is 0 Å². The Labute approximate surface area is 100 Å². The van der Waals surface area contributed by atoms with Gasteiger partial charge in [-0.15, -0.1) is 0 Å². The summed E-state index contributed by atoms with van der Waals surface area (Å²) in [7, 11) is 0. The molecular weight excluding hydrogens is 212 g/mol. The summed E-state index contributed by atoms with van der Waals surface area (Å²) in [5.41, 5.74) is 6.95. The van der Waals surface area contributed by atoms with Crippen molar-refractivity contribution in [1.29, 1.82) is 0 Å². The molecule has 3 N–H and O–H groups in total.